The van der Waals surface area contributed by atoms with Gasteiger partial charge < -0.3 is 9.80 Å². The van der Waals surface area contributed by atoms with Gasteiger partial charge in [0.1, 0.15) is 0 Å². The second kappa shape index (κ2) is 8.86. The molecule has 4 heteroatoms. The summed E-state index contributed by atoms with van der Waals surface area (Å²) in [7, 11) is 1.94. The Labute approximate surface area is 107 Å². The molecule has 102 valence electrons. The molecule has 0 aromatic heterocycles. The maximum atomic E-state index is 5.60. The van der Waals surface area contributed by atoms with Crippen molar-refractivity contribution < 1.29 is 0 Å². The zero-order valence-corrected chi connectivity index (χ0v) is 11.7. The molecule has 0 saturated carbocycles. The van der Waals surface area contributed by atoms with Crippen LogP contribution in [0.5, 0.6) is 0 Å². The molecule has 1 rings (SSSR count). The summed E-state index contributed by atoms with van der Waals surface area (Å²) in [5, 5.41) is 1.78. The van der Waals surface area contributed by atoms with Crippen LogP contribution >= 0.6 is 0 Å². The van der Waals surface area contributed by atoms with Crippen molar-refractivity contribution >= 4 is 0 Å². The molecule has 17 heavy (non-hydrogen) atoms. The van der Waals surface area contributed by atoms with E-state index in [1.807, 2.05) is 7.05 Å². The normalized spacial score (nSPS) is 19.1. The first-order chi connectivity index (χ1) is 8.22. The van der Waals surface area contributed by atoms with Crippen molar-refractivity contribution in [3.8, 4) is 0 Å². The van der Waals surface area contributed by atoms with Crippen molar-refractivity contribution in [2.75, 3.05) is 52.9 Å². The number of piperazine rings is 1. The second-order valence-corrected chi connectivity index (χ2v) is 5.22. The molecule has 0 radical (unpaired) electrons. The minimum absolute atomic E-state index is 0.997. The van der Waals surface area contributed by atoms with E-state index in [2.05, 4.69) is 16.7 Å². The zero-order chi connectivity index (χ0) is 12.5. The quantitative estimate of drug-likeness (QED) is 0.391. The Morgan fingerprint density at radius 2 is 1.47 bits per heavy atom. The predicted molar refractivity (Wildman–Crippen MR) is 73.8 cm³/mol. The van der Waals surface area contributed by atoms with Crippen molar-refractivity contribution in [1.29, 1.82) is 0 Å². The van der Waals surface area contributed by atoms with Crippen molar-refractivity contribution in [2.45, 2.75) is 32.6 Å². The first-order valence-corrected chi connectivity index (χ1v) is 7.13. The third-order valence-electron chi connectivity index (χ3n) is 3.53. The van der Waals surface area contributed by atoms with E-state index in [0.29, 0.717) is 0 Å². The summed E-state index contributed by atoms with van der Waals surface area (Å²) in [6.07, 6.45) is 5.26. The monoisotopic (exact) mass is 242 g/mol. The minimum Gasteiger partial charge on any atom is -0.301 e. The van der Waals surface area contributed by atoms with Crippen LogP contribution in [0.4, 0.5) is 0 Å². The summed E-state index contributed by atoms with van der Waals surface area (Å²) >= 11 is 0. The summed E-state index contributed by atoms with van der Waals surface area (Å²) < 4.78 is 0. The van der Waals surface area contributed by atoms with Crippen LogP contribution in [-0.4, -0.2) is 67.7 Å². The van der Waals surface area contributed by atoms with Gasteiger partial charge in [0, 0.05) is 39.8 Å². The molecule has 1 heterocycles. The Balaban J connectivity index is 2.01. The van der Waals surface area contributed by atoms with E-state index >= 15 is 0 Å². The molecule has 0 aliphatic carbocycles. The van der Waals surface area contributed by atoms with E-state index in [1.54, 1.807) is 5.01 Å². The van der Waals surface area contributed by atoms with Gasteiger partial charge in [0.05, 0.1) is 0 Å². The summed E-state index contributed by atoms with van der Waals surface area (Å²) in [5.74, 6) is 5.60. The maximum Gasteiger partial charge on any atom is 0.0137 e. The van der Waals surface area contributed by atoms with Crippen LogP contribution < -0.4 is 5.84 Å². The molecule has 1 aliphatic heterocycles. The largest absolute Gasteiger partial charge is 0.301 e. The predicted octanol–water partition coefficient (Wildman–Crippen LogP) is 0.990. The summed E-state index contributed by atoms with van der Waals surface area (Å²) in [4.78, 5) is 5.18. The third kappa shape index (κ3) is 6.99. The van der Waals surface area contributed by atoms with E-state index < -0.39 is 0 Å². The lowest BCUT2D eigenvalue weighted by molar-refractivity contribution is 0.126. The van der Waals surface area contributed by atoms with E-state index in [0.717, 1.165) is 6.54 Å². The number of hydrazine groups is 1. The van der Waals surface area contributed by atoms with Crippen molar-refractivity contribution in [3.63, 3.8) is 0 Å². The molecule has 0 atom stereocenters. The van der Waals surface area contributed by atoms with Crippen molar-refractivity contribution in [3.05, 3.63) is 0 Å². The second-order valence-electron chi connectivity index (χ2n) is 5.22. The lowest BCUT2D eigenvalue weighted by atomic mass is 10.2. The van der Waals surface area contributed by atoms with Crippen molar-refractivity contribution in [2.24, 2.45) is 5.84 Å². The lowest BCUT2D eigenvalue weighted by Crippen LogP contribution is -2.47. The Morgan fingerprint density at radius 3 is 1.94 bits per heavy atom. The number of nitrogens with two attached hydrogens (primary N) is 1. The highest BCUT2D eigenvalue weighted by Crippen LogP contribution is 2.05. The van der Waals surface area contributed by atoms with E-state index in [4.69, 9.17) is 5.84 Å². The third-order valence-corrected chi connectivity index (χ3v) is 3.53. The fourth-order valence-electron chi connectivity index (χ4n) is 2.37. The molecule has 0 spiro atoms. The van der Waals surface area contributed by atoms with Crippen LogP contribution in [0, 0.1) is 0 Å². The molecular formula is C13H30N4. The molecule has 4 nitrogen and oxygen atoms in total. The van der Waals surface area contributed by atoms with Crippen molar-refractivity contribution in [1.82, 2.24) is 14.8 Å². The summed E-state index contributed by atoms with van der Waals surface area (Å²) in [6.45, 7) is 10.7. The first kappa shape index (κ1) is 14.9. The van der Waals surface area contributed by atoms with Crippen LogP contribution in [-0.2, 0) is 0 Å². The van der Waals surface area contributed by atoms with Crippen LogP contribution in [0.15, 0.2) is 0 Å². The molecule has 0 unspecified atom stereocenters. The number of hydrogen-bond acceptors (Lipinski definition) is 4. The van der Waals surface area contributed by atoms with Gasteiger partial charge in [0.25, 0.3) is 0 Å². The topological polar surface area (TPSA) is 35.7 Å². The summed E-state index contributed by atoms with van der Waals surface area (Å²) in [6, 6.07) is 0. The van der Waals surface area contributed by atoms with Gasteiger partial charge in [-0.15, -0.1) is 0 Å². The average molecular weight is 242 g/mol. The van der Waals surface area contributed by atoms with Gasteiger partial charge in [0.2, 0.25) is 0 Å². The van der Waals surface area contributed by atoms with Crippen LogP contribution in [0.1, 0.15) is 32.6 Å². The fraction of sp³-hybridized carbons (Fsp3) is 1.00. The molecule has 1 aliphatic rings. The Bertz CT molecular complexity index is 176. The number of nitrogens with zero attached hydrogens (tertiary/aromatic N) is 3. The molecule has 2 N–H and O–H groups in total. The first-order valence-electron chi connectivity index (χ1n) is 7.13. The van der Waals surface area contributed by atoms with Crippen LogP contribution in [0.25, 0.3) is 0 Å². The smallest absolute Gasteiger partial charge is 0.0137 e. The maximum absolute atomic E-state index is 5.60. The van der Waals surface area contributed by atoms with Gasteiger partial charge >= 0.3 is 0 Å². The molecule has 0 amide bonds. The summed E-state index contributed by atoms with van der Waals surface area (Å²) in [5.41, 5.74) is 0. The van der Waals surface area contributed by atoms with Gasteiger partial charge in [-0.05, 0) is 25.9 Å². The van der Waals surface area contributed by atoms with E-state index in [-0.39, 0.29) is 0 Å². The highest BCUT2D eigenvalue weighted by atomic mass is 15.4. The molecular weight excluding hydrogens is 212 g/mol. The van der Waals surface area contributed by atoms with Gasteiger partial charge in [-0.1, -0.05) is 19.8 Å². The standard InChI is InChI=1S/C13H30N4/c1-3-4-5-8-16-10-12-17(13-11-16)9-6-7-15(2)14/h3-14H2,1-2H3. The SMILES string of the molecule is CCCCCN1CCN(CCCN(C)N)CC1. The van der Waals surface area contributed by atoms with Gasteiger partial charge in [0.15, 0.2) is 0 Å². The zero-order valence-electron chi connectivity index (χ0n) is 11.7. The Hall–Kier alpha value is -0.160. The minimum atomic E-state index is 0.997. The van der Waals surface area contributed by atoms with E-state index in [1.165, 1.54) is 65.0 Å². The van der Waals surface area contributed by atoms with Gasteiger partial charge in [-0.3, -0.25) is 10.9 Å². The lowest BCUT2D eigenvalue weighted by Gasteiger charge is -2.34. The van der Waals surface area contributed by atoms with E-state index in [9.17, 15) is 0 Å². The van der Waals surface area contributed by atoms with Crippen LogP contribution in [0.2, 0.25) is 0 Å². The molecule has 1 fully saturated rings. The highest BCUT2D eigenvalue weighted by Gasteiger charge is 2.15. The van der Waals surface area contributed by atoms with Gasteiger partial charge in [-0.25, -0.2) is 0 Å². The Morgan fingerprint density at radius 1 is 0.941 bits per heavy atom. The number of rotatable bonds is 8. The molecule has 1 saturated heterocycles. The highest BCUT2D eigenvalue weighted by molar-refractivity contribution is 4.71. The van der Waals surface area contributed by atoms with Crippen LogP contribution in [0.3, 0.4) is 0 Å². The Kier molecular flexibility index (Phi) is 7.77. The molecule has 0 bridgehead atoms. The number of hydrogen-bond donors (Lipinski definition) is 1. The number of unbranched alkanes of at least 4 members (excludes halogenated alkanes) is 2. The average Bonchev–Trinajstić information content (AvgIpc) is 2.31. The van der Waals surface area contributed by atoms with Gasteiger partial charge in [-0.2, -0.15) is 0 Å². The molecule has 0 aromatic rings. The fourth-order valence-corrected chi connectivity index (χ4v) is 2.37. The molecule has 0 aromatic carbocycles.